The average molecular weight is 279 g/mol. The molecule has 110 valence electrons. The Labute approximate surface area is 119 Å². The monoisotopic (exact) mass is 279 g/mol. The van der Waals surface area contributed by atoms with Crippen LogP contribution in [0, 0.1) is 0 Å². The second kappa shape index (κ2) is 7.65. The van der Waals surface area contributed by atoms with Gasteiger partial charge in [0.25, 0.3) is 0 Å². The predicted molar refractivity (Wildman–Crippen MR) is 76.0 cm³/mol. The summed E-state index contributed by atoms with van der Waals surface area (Å²) in [6.45, 7) is 0.940. The van der Waals surface area contributed by atoms with Crippen LogP contribution in [0.15, 0.2) is 18.2 Å². The Bertz CT molecular complexity index is 449. The van der Waals surface area contributed by atoms with Gasteiger partial charge in [-0.3, -0.25) is 0 Å². The smallest absolute Gasteiger partial charge is 0.337 e. The molecular weight excluding hydrogens is 258 g/mol. The quantitative estimate of drug-likeness (QED) is 0.743. The number of ether oxygens (including phenoxy) is 2. The fraction of sp³-hybridized carbons (Fsp3) is 0.467. The molecule has 0 aliphatic carbocycles. The molecule has 1 aromatic rings. The van der Waals surface area contributed by atoms with E-state index in [9.17, 15) is 9.59 Å². The molecule has 0 amide bonds. The molecule has 0 bridgehead atoms. The second-order valence-electron chi connectivity index (χ2n) is 4.81. The van der Waals surface area contributed by atoms with Crippen LogP contribution in [0.1, 0.15) is 32.7 Å². The standard InChI is InChI=1S/C15H21NO4/c1-16(2)7-5-6-11-8-12(14(17)19-3)10-13(9-11)15(18)20-4/h8-10H,5-7H2,1-4H3. The van der Waals surface area contributed by atoms with Gasteiger partial charge in [-0.2, -0.15) is 0 Å². The summed E-state index contributed by atoms with van der Waals surface area (Å²) in [5, 5.41) is 0. The number of rotatable bonds is 6. The molecule has 0 heterocycles. The van der Waals surface area contributed by atoms with Gasteiger partial charge in [-0.25, -0.2) is 9.59 Å². The number of esters is 2. The lowest BCUT2D eigenvalue weighted by atomic mass is 10.0. The number of hydrogen-bond acceptors (Lipinski definition) is 5. The normalized spacial score (nSPS) is 10.4. The molecule has 1 aromatic carbocycles. The Morgan fingerprint density at radius 3 is 1.90 bits per heavy atom. The average Bonchev–Trinajstić information content (AvgIpc) is 2.44. The molecule has 20 heavy (non-hydrogen) atoms. The Morgan fingerprint density at radius 1 is 1.00 bits per heavy atom. The van der Waals surface area contributed by atoms with E-state index in [0.717, 1.165) is 24.9 Å². The first-order valence-electron chi connectivity index (χ1n) is 6.43. The largest absolute Gasteiger partial charge is 0.465 e. The van der Waals surface area contributed by atoms with Gasteiger partial charge >= 0.3 is 11.9 Å². The zero-order valence-electron chi connectivity index (χ0n) is 12.4. The summed E-state index contributed by atoms with van der Waals surface area (Å²) in [6.07, 6.45) is 1.73. The first-order chi connectivity index (χ1) is 9.47. The van der Waals surface area contributed by atoms with Crippen molar-refractivity contribution in [2.24, 2.45) is 0 Å². The van der Waals surface area contributed by atoms with Crippen LogP contribution in [-0.2, 0) is 15.9 Å². The minimum Gasteiger partial charge on any atom is -0.465 e. The first kappa shape index (κ1) is 16.2. The van der Waals surface area contributed by atoms with Crippen LogP contribution in [0.25, 0.3) is 0 Å². The van der Waals surface area contributed by atoms with E-state index in [-0.39, 0.29) is 0 Å². The topological polar surface area (TPSA) is 55.8 Å². The van der Waals surface area contributed by atoms with Crippen LogP contribution < -0.4 is 0 Å². The SMILES string of the molecule is COC(=O)c1cc(CCCN(C)C)cc(C(=O)OC)c1. The zero-order valence-corrected chi connectivity index (χ0v) is 12.4. The van der Waals surface area contributed by atoms with Crippen LogP contribution in [-0.4, -0.2) is 51.7 Å². The van der Waals surface area contributed by atoms with Crippen molar-refractivity contribution in [3.8, 4) is 0 Å². The van der Waals surface area contributed by atoms with Crippen molar-refractivity contribution in [1.82, 2.24) is 4.90 Å². The summed E-state index contributed by atoms with van der Waals surface area (Å²) in [6, 6.07) is 5.01. The summed E-state index contributed by atoms with van der Waals surface area (Å²) in [7, 11) is 6.65. The van der Waals surface area contributed by atoms with Gasteiger partial charge in [0.1, 0.15) is 0 Å². The van der Waals surface area contributed by atoms with E-state index in [1.807, 2.05) is 14.1 Å². The van der Waals surface area contributed by atoms with Gasteiger partial charge < -0.3 is 14.4 Å². The lowest BCUT2D eigenvalue weighted by Gasteiger charge is -2.10. The van der Waals surface area contributed by atoms with Gasteiger partial charge in [-0.15, -0.1) is 0 Å². The highest BCUT2D eigenvalue weighted by Gasteiger charge is 2.13. The third-order valence-corrected chi connectivity index (χ3v) is 2.91. The molecule has 0 saturated carbocycles. The van der Waals surface area contributed by atoms with E-state index in [2.05, 4.69) is 4.90 Å². The molecule has 5 heteroatoms. The van der Waals surface area contributed by atoms with Crippen molar-refractivity contribution in [1.29, 1.82) is 0 Å². The lowest BCUT2D eigenvalue weighted by Crippen LogP contribution is -2.14. The zero-order chi connectivity index (χ0) is 15.1. The number of hydrogen-bond donors (Lipinski definition) is 0. The summed E-state index contributed by atoms with van der Waals surface area (Å²) >= 11 is 0. The molecule has 0 radical (unpaired) electrons. The molecule has 0 N–H and O–H groups in total. The highest BCUT2D eigenvalue weighted by Crippen LogP contribution is 2.14. The van der Waals surface area contributed by atoms with Gasteiger partial charge in [0.2, 0.25) is 0 Å². The van der Waals surface area contributed by atoms with E-state index in [1.54, 1.807) is 12.1 Å². The van der Waals surface area contributed by atoms with Crippen LogP contribution in [0.2, 0.25) is 0 Å². The van der Waals surface area contributed by atoms with Gasteiger partial charge in [-0.1, -0.05) is 0 Å². The third kappa shape index (κ3) is 4.66. The lowest BCUT2D eigenvalue weighted by molar-refractivity contribution is 0.0599. The summed E-state index contributed by atoms with van der Waals surface area (Å²) in [4.78, 5) is 25.3. The van der Waals surface area contributed by atoms with Crippen LogP contribution in [0.5, 0.6) is 0 Å². The molecule has 0 saturated heterocycles. The first-order valence-corrected chi connectivity index (χ1v) is 6.43. The maximum Gasteiger partial charge on any atom is 0.337 e. The minimum atomic E-state index is -0.454. The molecule has 0 spiro atoms. The van der Waals surface area contributed by atoms with E-state index in [4.69, 9.17) is 9.47 Å². The summed E-state index contributed by atoms with van der Waals surface area (Å²) in [5.41, 5.74) is 1.67. The van der Waals surface area contributed by atoms with Crippen molar-refractivity contribution in [2.75, 3.05) is 34.9 Å². The number of carbonyl (C=O) groups excluding carboxylic acids is 2. The Kier molecular flexibility index (Phi) is 6.18. The van der Waals surface area contributed by atoms with Crippen molar-refractivity contribution < 1.29 is 19.1 Å². The van der Waals surface area contributed by atoms with Crippen molar-refractivity contribution in [3.63, 3.8) is 0 Å². The minimum absolute atomic E-state index is 0.371. The molecule has 0 aliphatic rings. The van der Waals surface area contributed by atoms with Gasteiger partial charge in [0.05, 0.1) is 25.3 Å². The Hall–Kier alpha value is -1.88. The van der Waals surface area contributed by atoms with Crippen molar-refractivity contribution >= 4 is 11.9 Å². The highest BCUT2D eigenvalue weighted by atomic mass is 16.5. The number of carbonyl (C=O) groups is 2. The van der Waals surface area contributed by atoms with Gasteiger partial charge in [0.15, 0.2) is 0 Å². The molecule has 0 atom stereocenters. The highest BCUT2D eigenvalue weighted by molar-refractivity contribution is 5.95. The number of methoxy groups -OCH3 is 2. The predicted octanol–water partition coefficient (Wildman–Crippen LogP) is 1.75. The maximum atomic E-state index is 11.6. The van der Waals surface area contributed by atoms with Crippen molar-refractivity contribution in [2.45, 2.75) is 12.8 Å². The number of aryl methyl sites for hydroxylation is 1. The maximum absolute atomic E-state index is 11.6. The van der Waals surface area contributed by atoms with E-state index < -0.39 is 11.9 Å². The molecular formula is C15H21NO4. The van der Waals surface area contributed by atoms with E-state index in [1.165, 1.54) is 20.3 Å². The molecule has 1 rings (SSSR count). The van der Waals surface area contributed by atoms with Gasteiger partial charge in [0, 0.05) is 0 Å². The second-order valence-corrected chi connectivity index (χ2v) is 4.81. The van der Waals surface area contributed by atoms with Crippen LogP contribution in [0.4, 0.5) is 0 Å². The Morgan fingerprint density at radius 2 is 1.50 bits per heavy atom. The third-order valence-electron chi connectivity index (χ3n) is 2.91. The van der Waals surface area contributed by atoms with E-state index >= 15 is 0 Å². The Balaban J connectivity index is 2.97. The summed E-state index contributed by atoms with van der Waals surface area (Å²) in [5.74, 6) is -0.908. The van der Waals surface area contributed by atoms with Gasteiger partial charge in [-0.05, 0) is 57.2 Å². The van der Waals surface area contributed by atoms with Crippen LogP contribution in [0.3, 0.4) is 0 Å². The fourth-order valence-corrected chi connectivity index (χ4v) is 1.91. The molecule has 0 unspecified atom stereocenters. The van der Waals surface area contributed by atoms with Crippen molar-refractivity contribution in [3.05, 3.63) is 34.9 Å². The van der Waals surface area contributed by atoms with E-state index in [0.29, 0.717) is 11.1 Å². The summed E-state index contributed by atoms with van der Waals surface area (Å²) < 4.78 is 9.41. The molecule has 5 nitrogen and oxygen atoms in total. The number of benzene rings is 1. The molecule has 0 aromatic heterocycles. The fourth-order valence-electron chi connectivity index (χ4n) is 1.91. The molecule has 0 fully saturated rings. The number of nitrogens with zero attached hydrogens (tertiary/aromatic N) is 1. The van der Waals surface area contributed by atoms with Crippen LogP contribution >= 0.6 is 0 Å². The molecule has 0 aliphatic heterocycles.